The van der Waals surface area contributed by atoms with E-state index in [0.717, 1.165) is 5.56 Å². The minimum absolute atomic E-state index is 0.224. The first-order valence-electron chi connectivity index (χ1n) is 6.95. The second-order valence-corrected chi connectivity index (χ2v) is 5.36. The van der Waals surface area contributed by atoms with Gasteiger partial charge in [0, 0.05) is 7.11 Å². The second-order valence-electron chi connectivity index (χ2n) is 5.36. The maximum Gasteiger partial charge on any atom is 0.344 e. The maximum absolute atomic E-state index is 12.4. The fraction of sp³-hybridized carbons (Fsp3) is 0.400. The van der Waals surface area contributed by atoms with Crippen LogP contribution in [0.25, 0.3) is 0 Å². The Morgan fingerprint density at radius 1 is 1.32 bits per heavy atom. The molecule has 0 saturated carbocycles. The van der Waals surface area contributed by atoms with Gasteiger partial charge in [0.05, 0.1) is 0 Å². The standard InChI is InChI=1S/C15H19N3O4/c1-15(9-8-11-6-4-3-5-7-11)13(20)18(14(21)16-15)17-12(19)10-22-2/h3-7H,8-10H2,1-2H3,(H,16,21)(H,17,19)/t15-/m0/s1. The lowest BCUT2D eigenvalue weighted by Crippen LogP contribution is -2.49. The first-order valence-corrected chi connectivity index (χ1v) is 6.95. The summed E-state index contributed by atoms with van der Waals surface area (Å²) in [6.45, 7) is 1.43. The van der Waals surface area contributed by atoms with Crippen LogP contribution >= 0.6 is 0 Å². The summed E-state index contributed by atoms with van der Waals surface area (Å²) < 4.78 is 4.66. The van der Waals surface area contributed by atoms with Crippen LogP contribution < -0.4 is 10.7 Å². The number of hydrogen-bond donors (Lipinski definition) is 2. The van der Waals surface area contributed by atoms with E-state index >= 15 is 0 Å². The summed E-state index contributed by atoms with van der Waals surface area (Å²) in [6, 6.07) is 9.05. The molecular weight excluding hydrogens is 286 g/mol. The number of ether oxygens (including phenoxy) is 1. The van der Waals surface area contributed by atoms with Gasteiger partial charge in [0.1, 0.15) is 12.1 Å². The van der Waals surface area contributed by atoms with Crippen LogP contribution in [0, 0.1) is 0 Å². The number of nitrogens with one attached hydrogen (secondary N) is 2. The van der Waals surface area contributed by atoms with Crippen LogP contribution in [0.3, 0.4) is 0 Å². The van der Waals surface area contributed by atoms with Crippen molar-refractivity contribution in [3.8, 4) is 0 Å². The number of nitrogens with zero attached hydrogens (tertiary/aromatic N) is 1. The molecule has 2 N–H and O–H groups in total. The molecule has 2 rings (SSSR count). The van der Waals surface area contributed by atoms with E-state index in [1.165, 1.54) is 7.11 Å². The predicted octanol–water partition coefficient (Wildman–Crippen LogP) is 0.607. The number of hydrogen-bond acceptors (Lipinski definition) is 4. The molecule has 0 radical (unpaired) electrons. The van der Waals surface area contributed by atoms with E-state index in [9.17, 15) is 14.4 Å². The Kier molecular flexibility index (Phi) is 4.77. The van der Waals surface area contributed by atoms with Gasteiger partial charge in [0.15, 0.2) is 0 Å². The molecule has 0 bridgehead atoms. The van der Waals surface area contributed by atoms with Crippen LogP contribution in [-0.2, 0) is 20.7 Å². The zero-order valence-corrected chi connectivity index (χ0v) is 12.6. The van der Waals surface area contributed by atoms with Crippen molar-refractivity contribution in [3.63, 3.8) is 0 Å². The molecular formula is C15H19N3O4. The SMILES string of the molecule is COCC(=O)NN1C(=O)N[C@@](C)(CCc2ccccc2)C1=O. The molecule has 1 saturated heterocycles. The Balaban J connectivity index is 2.01. The van der Waals surface area contributed by atoms with E-state index < -0.39 is 23.4 Å². The molecule has 1 aliphatic rings. The summed E-state index contributed by atoms with van der Waals surface area (Å²) in [7, 11) is 1.36. The van der Waals surface area contributed by atoms with Gasteiger partial charge in [-0.15, -0.1) is 0 Å². The summed E-state index contributed by atoms with van der Waals surface area (Å²) in [5.74, 6) is -1.03. The highest BCUT2D eigenvalue weighted by Gasteiger charge is 2.48. The number of benzene rings is 1. The fourth-order valence-corrected chi connectivity index (χ4v) is 2.28. The molecule has 1 aliphatic heterocycles. The minimum Gasteiger partial charge on any atom is -0.375 e. The number of carbonyl (C=O) groups is 3. The Hall–Kier alpha value is -2.41. The highest BCUT2D eigenvalue weighted by Crippen LogP contribution is 2.22. The third-order valence-corrected chi connectivity index (χ3v) is 3.53. The van der Waals surface area contributed by atoms with Crippen molar-refractivity contribution in [2.75, 3.05) is 13.7 Å². The smallest absolute Gasteiger partial charge is 0.344 e. The summed E-state index contributed by atoms with van der Waals surface area (Å²) in [5.41, 5.74) is 2.28. The first-order chi connectivity index (χ1) is 10.5. The van der Waals surface area contributed by atoms with Gasteiger partial charge in [-0.3, -0.25) is 15.0 Å². The van der Waals surface area contributed by atoms with Crippen LogP contribution in [-0.4, -0.2) is 42.1 Å². The molecule has 1 aromatic rings. The Bertz CT molecular complexity index is 575. The van der Waals surface area contributed by atoms with Gasteiger partial charge in [-0.1, -0.05) is 30.3 Å². The van der Waals surface area contributed by atoms with Crippen molar-refractivity contribution < 1.29 is 19.1 Å². The zero-order chi connectivity index (χ0) is 16.2. The van der Waals surface area contributed by atoms with Crippen LogP contribution in [0.4, 0.5) is 4.79 Å². The second kappa shape index (κ2) is 6.57. The van der Waals surface area contributed by atoms with Gasteiger partial charge >= 0.3 is 6.03 Å². The lowest BCUT2D eigenvalue weighted by Gasteiger charge is -2.21. The van der Waals surface area contributed by atoms with E-state index in [4.69, 9.17) is 0 Å². The summed E-state index contributed by atoms with van der Waals surface area (Å²) in [4.78, 5) is 35.7. The van der Waals surface area contributed by atoms with E-state index in [0.29, 0.717) is 17.9 Å². The van der Waals surface area contributed by atoms with E-state index in [-0.39, 0.29) is 6.61 Å². The van der Waals surface area contributed by atoms with Crippen LogP contribution in [0.5, 0.6) is 0 Å². The monoisotopic (exact) mass is 305 g/mol. The van der Waals surface area contributed by atoms with Crippen molar-refractivity contribution in [3.05, 3.63) is 35.9 Å². The lowest BCUT2D eigenvalue weighted by molar-refractivity contribution is -0.140. The maximum atomic E-state index is 12.4. The number of urea groups is 1. The van der Waals surface area contributed by atoms with Gasteiger partial charge in [-0.25, -0.2) is 4.79 Å². The summed E-state index contributed by atoms with van der Waals surface area (Å²) in [5, 5.41) is 3.34. The van der Waals surface area contributed by atoms with Gasteiger partial charge in [0.2, 0.25) is 0 Å². The average molecular weight is 305 g/mol. The molecule has 0 aliphatic carbocycles. The molecule has 1 aromatic carbocycles. The number of rotatable bonds is 6. The lowest BCUT2D eigenvalue weighted by atomic mass is 9.93. The van der Waals surface area contributed by atoms with Gasteiger partial charge < -0.3 is 10.1 Å². The first kappa shape index (κ1) is 16.0. The number of imide groups is 1. The molecule has 22 heavy (non-hydrogen) atoms. The van der Waals surface area contributed by atoms with E-state index in [2.05, 4.69) is 15.5 Å². The molecule has 4 amide bonds. The van der Waals surface area contributed by atoms with Crippen molar-refractivity contribution in [1.29, 1.82) is 0 Å². The Morgan fingerprint density at radius 2 is 2.00 bits per heavy atom. The number of carbonyl (C=O) groups excluding carboxylic acids is 3. The van der Waals surface area contributed by atoms with Crippen molar-refractivity contribution in [1.82, 2.24) is 15.8 Å². The minimum atomic E-state index is -1.03. The molecule has 0 unspecified atom stereocenters. The van der Waals surface area contributed by atoms with Gasteiger partial charge in [-0.2, -0.15) is 5.01 Å². The van der Waals surface area contributed by atoms with Gasteiger partial charge in [-0.05, 0) is 25.3 Å². The molecule has 1 heterocycles. The zero-order valence-electron chi connectivity index (χ0n) is 12.6. The topological polar surface area (TPSA) is 87.7 Å². The largest absolute Gasteiger partial charge is 0.375 e. The number of methoxy groups -OCH3 is 1. The number of aryl methyl sites for hydroxylation is 1. The average Bonchev–Trinajstić information content (AvgIpc) is 2.71. The normalized spacial score (nSPS) is 20.9. The van der Waals surface area contributed by atoms with Crippen LogP contribution in [0.2, 0.25) is 0 Å². The molecule has 0 aromatic heterocycles. The Labute approximate surface area is 128 Å². The highest BCUT2D eigenvalue weighted by atomic mass is 16.5. The van der Waals surface area contributed by atoms with E-state index in [1.807, 2.05) is 30.3 Å². The fourth-order valence-electron chi connectivity index (χ4n) is 2.28. The molecule has 7 nitrogen and oxygen atoms in total. The summed E-state index contributed by atoms with van der Waals surface area (Å²) >= 11 is 0. The predicted molar refractivity (Wildman–Crippen MR) is 78.6 cm³/mol. The molecule has 7 heteroatoms. The van der Waals surface area contributed by atoms with Crippen molar-refractivity contribution in [2.24, 2.45) is 0 Å². The van der Waals surface area contributed by atoms with E-state index in [1.54, 1.807) is 6.92 Å². The number of amides is 4. The van der Waals surface area contributed by atoms with Crippen LogP contribution in [0.15, 0.2) is 30.3 Å². The number of hydrazine groups is 1. The van der Waals surface area contributed by atoms with Crippen molar-refractivity contribution >= 4 is 17.8 Å². The third-order valence-electron chi connectivity index (χ3n) is 3.53. The Morgan fingerprint density at radius 3 is 2.64 bits per heavy atom. The molecule has 1 fully saturated rings. The molecule has 0 spiro atoms. The molecule has 118 valence electrons. The molecule has 1 atom stereocenters. The van der Waals surface area contributed by atoms with Crippen molar-refractivity contribution in [2.45, 2.75) is 25.3 Å². The summed E-state index contributed by atoms with van der Waals surface area (Å²) in [6.07, 6.45) is 1.08. The van der Waals surface area contributed by atoms with Gasteiger partial charge in [0.25, 0.3) is 11.8 Å². The quantitative estimate of drug-likeness (QED) is 0.754. The van der Waals surface area contributed by atoms with Crippen LogP contribution in [0.1, 0.15) is 18.9 Å². The third kappa shape index (κ3) is 3.43. The highest BCUT2D eigenvalue weighted by molar-refractivity contribution is 6.07.